The van der Waals surface area contributed by atoms with Crippen LogP contribution in [0.1, 0.15) is 0 Å². The van der Waals surface area contributed by atoms with Crippen LogP contribution in [0, 0.1) is 0 Å². The minimum atomic E-state index is 0.561. The zero-order valence-electron chi connectivity index (χ0n) is 34.9. The largest absolute Gasteiger partial charge is 0.456 e. The first-order valence-corrected chi connectivity index (χ1v) is 21.9. The van der Waals surface area contributed by atoms with Crippen LogP contribution in [0.15, 0.2) is 217 Å². The molecule has 0 saturated carbocycles. The van der Waals surface area contributed by atoms with E-state index in [9.17, 15) is 0 Å². The molecule has 0 saturated heterocycles. The average molecular weight is 830 g/mol. The lowest BCUT2D eigenvalue weighted by Gasteiger charge is -2.14. The minimum Gasteiger partial charge on any atom is -0.456 e. The Bertz CT molecular complexity index is 4250. The number of furan rings is 1. The van der Waals surface area contributed by atoms with E-state index >= 15 is 0 Å². The summed E-state index contributed by atoms with van der Waals surface area (Å²) < 4.78 is 11.5. The summed E-state index contributed by atoms with van der Waals surface area (Å²) in [6.45, 7) is 0. The van der Waals surface area contributed by atoms with Gasteiger partial charge in [-0.3, -0.25) is 0 Å². The number of hydrogen-bond donors (Lipinski definition) is 0. The summed E-state index contributed by atoms with van der Waals surface area (Å²) in [5.74, 6) is 1.74. The third-order valence-corrected chi connectivity index (χ3v) is 13.1. The first kappa shape index (κ1) is 35.7. The molecule has 0 aliphatic carbocycles. The van der Waals surface area contributed by atoms with Gasteiger partial charge in [0, 0.05) is 60.8 Å². The van der Waals surface area contributed by atoms with Gasteiger partial charge in [-0.1, -0.05) is 152 Å². The number of fused-ring (bicyclic) bond motifs is 11. The second kappa shape index (κ2) is 13.8. The predicted octanol–water partition coefficient (Wildman–Crippen LogP) is 15.3. The van der Waals surface area contributed by atoms with Crippen LogP contribution < -0.4 is 0 Å². The van der Waals surface area contributed by atoms with Crippen LogP contribution in [0.25, 0.3) is 133 Å². The predicted molar refractivity (Wildman–Crippen MR) is 267 cm³/mol. The molecule has 0 fully saturated rings. The molecule has 10 aromatic carbocycles. The van der Waals surface area contributed by atoms with Crippen molar-refractivity contribution in [2.75, 3.05) is 0 Å². The molecule has 302 valence electrons. The van der Waals surface area contributed by atoms with Gasteiger partial charge in [0.2, 0.25) is 0 Å². The maximum Gasteiger partial charge on any atom is 0.164 e. The van der Waals surface area contributed by atoms with Crippen molar-refractivity contribution >= 4 is 87.1 Å². The maximum atomic E-state index is 6.78. The molecule has 14 aromatic rings. The second-order valence-corrected chi connectivity index (χ2v) is 16.8. The van der Waals surface area contributed by atoms with E-state index in [4.69, 9.17) is 19.4 Å². The van der Waals surface area contributed by atoms with Crippen molar-refractivity contribution in [1.82, 2.24) is 24.1 Å². The summed E-state index contributed by atoms with van der Waals surface area (Å²) in [5.41, 5.74) is 10.7. The van der Waals surface area contributed by atoms with E-state index in [-0.39, 0.29) is 0 Å². The summed E-state index contributed by atoms with van der Waals surface area (Å²) in [4.78, 5) is 16.3. The maximum absolute atomic E-state index is 6.78. The van der Waals surface area contributed by atoms with Gasteiger partial charge in [0.05, 0.1) is 27.8 Å². The summed E-state index contributed by atoms with van der Waals surface area (Å²) in [5, 5.41) is 11.3. The number of para-hydroxylation sites is 4. The van der Waals surface area contributed by atoms with E-state index < -0.39 is 0 Å². The third kappa shape index (κ3) is 5.44. The van der Waals surface area contributed by atoms with Gasteiger partial charge in [0.1, 0.15) is 11.2 Å². The highest BCUT2D eigenvalue weighted by atomic mass is 16.3. The lowest BCUT2D eigenvalue weighted by atomic mass is 10.0. The lowest BCUT2D eigenvalue weighted by Crippen LogP contribution is -2.02. The number of hydrogen-bond acceptors (Lipinski definition) is 4. The first-order chi connectivity index (χ1) is 32.2. The number of rotatable bonds is 5. The Morgan fingerprint density at radius 2 is 0.877 bits per heavy atom. The third-order valence-electron chi connectivity index (χ3n) is 13.1. The zero-order valence-corrected chi connectivity index (χ0v) is 34.9. The molecular weight excluding hydrogens is 795 g/mol. The van der Waals surface area contributed by atoms with E-state index in [1.165, 1.54) is 26.9 Å². The molecule has 0 bridgehead atoms. The molecule has 0 aliphatic rings. The Kier molecular flexibility index (Phi) is 7.59. The van der Waals surface area contributed by atoms with Gasteiger partial charge in [-0.25, -0.2) is 15.0 Å². The Morgan fingerprint density at radius 1 is 0.308 bits per heavy atom. The fourth-order valence-electron chi connectivity index (χ4n) is 10.2. The lowest BCUT2D eigenvalue weighted by molar-refractivity contribution is 0.668. The van der Waals surface area contributed by atoms with E-state index in [0.717, 1.165) is 88.2 Å². The van der Waals surface area contributed by atoms with Crippen LogP contribution in [0.3, 0.4) is 0 Å². The molecule has 0 unspecified atom stereocenters. The Balaban J connectivity index is 1.08. The molecule has 4 heterocycles. The van der Waals surface area contributed by atoms with Gasteiger partial charge in [-0.05, 0) is 76.1 Å². The summed E-state index contributed by atoms with van der Waals surface area (Å²) >= 11 is 0. The molecular formula is C59H35N5O. The summed E-state index contributed by atoms with van der Waals surface area (Å²) in [6.07, 6.45) is 0. The number of nitrogens with zero attached hydrogens (tertiary/aromatic N) is 5. The number of aromatic nitrogens is 5. The van der Waals surface area contributed by atoms with Crippen molar-refractivity contribution in [3.8, 4) is 45.5 Å². The topological polar surface area (TPSA) is 61.7 Å². The second-order valence-electron chi connectivity index (χ2n) is 16.8. The van der Waals surface area contributed by atoms with Crippen molar-refractivity contribution in [1.29, 1.82) is 0 Å². The van der Waals surface area contributed by atoms with Gasteiger partial charge in [-0.15, -0.1) is 0 Å². The smallest absolute Gasteiger partial charge is 0.164 e. The van der Waals surface area contributed by atoms with Gasteiger partial charge < -0.3 is 13.6 Å². The highest BCUT2D eigenvalue weighted by Gasteiger charge is 2.23. The molecule has 0 N–H and O–H groups in total. The van der Waals surface area contributed by atoms with Gasteiger partial charge in [0.15, 0.2) is 17.5 Å². The Labute approximate surface area is 371 Å². The molecule has 6 nitrogen and oxygen atoms in total. The standard InChI is InChI=1S/C59H35N5O/c1-2-19-40(20-3-1)63-50-26-11-8-22-43(50)45-30-29-39(33-52(45)63)57-60-58(46-25-14-18-36-15-6-7-21-42(36)46)62-59(61-57)49-34-41(35-55-56(49)47-24-10-13-28-54(47)65-55)64-51-27-12-9-23-44(51)48-31-37-16-4-5-17-38(37)32-53(48)64/h1-35H. The van der Waals surface area contributed by atoms with Gasteiger partial charge in [-0.2, -0.15) is 0 Å². The average Bonchev–Trinajstić information content (AvgIpc) is 4.02. The van der Waals surface area contributed by atoms with Crippen molar-refractivity contribution in [2.24, 2.45) is 0 Å². The van der Waals surface area contributed by atoms with Gasteiger partial charge >= 0.3 is 0 Å². The van der Waals surface area contributed by atoms with Crippen molar-refractivity contribution in [3.05, 3.63) is 212 Å². The van der Waals surface area contributed by atoms with E-state index in [0.29, 0.717) is 17.5 Å². The fraction of sp³-hybridized carbons (Fsp3) is 0. The number of benzene rings is 10. The Hall–Kier alpha value is -8.87. The Morgan fingerprint density at radius 3 is 1.68 bits per heavy atom. The highest BCUT2D eigenvalue weighted by molar-refractivity contribution is 6.16. The molecule has 0 amide bonds. The molecule has 65 heavy (non-hydrogen) atoms. The monoisotopic (exact) mass is 829 g/mol. The fourth-order valence-corrected chi connectivity index (χ4v) is 10.2. The van der Waals surface area contributed by atoms with E-state index in [1.807, 2.05) is 12.1 Å². The quantitative estimate of drug-likeness (QED) is 0.173. The van der Waals surface area contributed by atoms with Crippen molar-refractivity contribution in [2.45, 2.75) is 0 Å². The SMILES string of the molecule is c1ccc(-n2c3ccccc3c3ccc(-c4nc(-c5cccc6ccccc56)nc(-c5cc(-n6c7ccccc7c7cc8ccccc8cc76)cc6oc7ccccc7c56)n4)cc32)cc1. The van der Waals surface area contributed by atoms with E-state index in [1.54, 1.807) is 0 Å². The van der Waals surface area contributed by atoms with Crippen LogP contribution >= 0.6 is 0 Å². The summed E-state index contributed by atoms with van der Waals surface area (Å²) in [7, 11) is 0. The van der Waals surface area contributed by atoms with Crippen molar-refractivity contribution < 1.29 is 4.42 Å². The van der Waals surface area contributed by atoms with Crippen molar-refractivity contribution in [3.63, 3.8) is 0 Å². The minimum absolute atomic E-state index is 0.561. The molecule has 0 spiro atoms. The van der Waals surface area contributed by atoms with Crippen LogP contribution in [-0.4, -0.2) is 24.1 Å². The molecule has 0 atom stereocenters. The zero-order chi connectivity index (χ0) is 42.6. The summed E-state index contributed by atoms with van der Waals surface area (Å²) in [6, 6.07) is 75.0. The molecule has 4 aromatic heterocycles. The molecule has 6 heteroatoms. The van der Waals surface area contributed by atoms with E-state index in [2.05, 4.69) is 209 Å². The molecule has 0 radical (unpaired) electrons. The molecule has 0 aliphatic heterocycles. The van der Waals surface area contributed by atoms with Crippen LogP contribution in [0.5, 0.6) is 0 Å². The van der Waals surface area contributed by atoms with Crippen LogP contribution in [0.4, 0.5) is 0 Å². The van der Waals surface area contributed by atoms with Gasteiger partial charge in [0.25, 0.3) is 0 Å². The molecule has 14 rings (SSSR count). The van der Waals surface area contributed by atoms with Crippen LogP contribution in [0.2, 0.25) is 0 Å². The highest BCUT2D eigenvalue weighted by Crippen LogP contribution is 2.42. The normalized spacial score (nSPS) is 12.0. The first-order valence-electron chi connectivity index (χ1n) is 21.9. The van der Waals surface area contributed by atoms with Crippen LogP contribution in [-0.2, 0) is 0 Å².